The van der Waals surface area contributed by atoms with Gasteiger partial charge in [-0.1, -0.05) is 11.6 Å². The maximum Gasteiger partial charge on any atom is 0.275 e. The number of benzene rings is 1. The van der Waals surface area contributed by atoms with Gasteiger partial charge in [-0.15, -0.1) is 0 Å². The van der Waals surface area contributed by atoms with E-state index in [4.69, 9.17) is 16.3 Å². The first-order chi connectivity index (χ1) is 9.95. The molecule has 1 aromatic heterocycles. The Balaban J connectivity index is 2.14. The Morgan fingerprint density at radius 1 is 1.33 bits per heavy atom. The third-order valence-electron chi connectivity index (χ3n) is 2.66. The summed E-state index contributed by atoms with van der Waals surface area (Å²) in [7, 11) is 0. The lowest BCUT2D eigenvalue weighted by Gasteiger charge is -2.13. The van der Waals surface area contributed by atoms with Crippen molar-refractivity contribution in [2.45, 2.75) is 26.9 Å². The van der Waals surface area contributed by atoms with Crippen LogP contribution < -0.4 is 10.1 Å². The minimum atomic E-state index is -0.356. The molecule has 0 saturated heterocycles. The molecule has 2 rings (SSSR count). The van der Waals surface area contributed by atoms with Crippen LogP contribution in [0.4, 0.5) is 5.69 Å². The normalized spacial score (nSPS) is 10.5. The van der Waals surface area contributed by atoms with E-state index in [9.17, 15) is 4.79 Å². The van der Waals surface area contributed by atoms with Crippen molar-refractivity contribution in [2.24, 2.45) is 0 Å². The number of halogens is 1. The fourth-order valence-corrected chi connectivity index (χ4v) is 1.91. The van der Waals surface area contributed by atoms with E-state index in [1.165, 1.54) is 12.4 Å². The largest absolute Gasteiger partial charge is 0.491 e. The number of carbonyl (C=O) groups excluding carboxylic acids is 1. The summed E-state index contributed by atoms with van der Waals surface area (Å²) in [6.45, 7) is 5.82. The maximum atomic E-state index is 12.1. The molecule has 0 unspecified atom stereocenters. The van der Waals surface area contributed by atoms with Crippen molar-refractivity contribution in [3.8, 4) is 5.75 Å². The highest BCUT2D eigenvalue weighted by atomic mass is 35.5. The van der Waals surface area contributed by atoms with Gasteiger partial charge in [-0.25, -0.2) is 4.98 Å². The number of carbonyl (C=O) groups is 1. The lowest BCUT2D eigenvalue weighted by molar-refractivity contribution is 0.102. The maximum absolute atomic E-state index is 12.1. The first-order valence-corrected chi connectivity index (χ1v) is 6.89. The van der Waals surface area contributed by atoms with E-state index in [0.717, 1.165) is 11.3 Å². The van der Waals surface area contributed by atoms with Crippen LogP contribution in [0.15, 0.2) is 30.6 Å². The zero-order valence-corrected chi connectivity index (χ0v) is 12.8. The summed E-state index contributed by atoms with van der Waals surface area (Å²) in [6.07, 6.45) is 2.85. The SMILES string of the molecule is Cc1cc(OC(C)C)ccc1NC(=O)c1cncc(Cl)n1. The summed E-state index contributed by atoms with van der Waals surface area (Å²) in [5, 5.41) is 2.96. The molecule has 0 bridgehead atoms. The Morgan fingerprint density at radius 3 is 2.71 bits per heavy atom. The van der Waals surface area contributed by atoms with Crippen molar-refractivity contribution < 1.29 is 9.53 Å². The Bertz CT molecular complexity index is 659. The summed E-state index contributed by atoms with van der Waals surface area (Å²) in [5.74, 6) is 0.411. The van der Waals surface area contributed by atoms with Gasteiger partial charge in [0, 0.05) is 5.69 Å². The molecule has 0 fully saturated rings. The second-order valence-electron chi connectivity index (χ2n) is 4.82. The quantitative estimate of drug-likeness (QED) is 0.939. The minimum absolute atomic E-state index is 0.103. The average Bonchev–Trinajstić information content (AvgIpc) is 2.41. The highest BCUT2D eigenvalue weighted by molar-refractivity contribution is 6.29. The molecule has 0 aliphatic rings. The van der Waals surface area contributed by atoms with Crippen LogP contribution in [0, 0.1) is 6.92 Å². The smallest absolute Gasteiger partial charge is 0.275 e. The number of ether oxygens (including phenoxy) is 1. The summed E-state index contributed by atoms with van der Waals surface area (Å²) >= 11 is 5.72. The third kappa shape index (κ3) is 4.16. The number of rotatable bonds is 4. The second-order valence-corrected chi connectivity index (χ2v) is 5.21. The van der Waals surface area contributed by atoms with Gasteiger partial charge in [0.1, 0.15) is 16.6 Å². The predicted octanol–water partition coefficient (Wildman–Crippen LogP) is 3.48. The molecule has 110 valence electrons. The summed E-state index contributed by atoms with van der Waals surface area (Å²) in [6, 6.07) is 5.48. The molecule has 0 saturated carbocycles. The Kier molecular flexibility index (Phi) is 4.75. The molecule has 1 heterocycles. The van der Waals surface area contributed by atoms with Gasteiger partial charge >= 0.3 is 0 Å². The lowest BCUT2D eigenvalue weighted by Crippen LogP contribution is -2.15. The van der Waals surface area contributed by atoms with E-state index >= 15 is 0 Å². The van der Waals surface area contributed by atoms with Crippen LogP contribution in [0.2, 0.25) is 5.15 Å². The van der Waals surface area contributed by atoms with E-state index < -0.39 is 0 Å². The molecular weight excluding hydrogens is 290 g/mol. The molecule has 0 aliphatic heterocycles. The molecule has 21 heavy (non-hydrogen) atoms. The van der Waals surface area contributed by atoms with Crippen LogP contribution in [0.1, 0.15) is 29.9 Å². The average molecular weight is 306 g/mol. The summed E-state index contributed by atoms with van der Waals surface area (Å²) in [5.41, 5.74) is 1.76. The molecule has 5 nitrogen and oxygen atoms in total. The van der Waals surface area contributed by atoms with E-state index in [-0.39, 0.29) is 22.9 Å². The fraction of sp³-hybridized carbons (Fsp3) is 0.267. The number of anilines is 1. The first-order valence-electron chi connectivity index (χ1n) is 6.52. The van der Waals surface area contributed by atoms with Gasteiger partial charge in [-0.2, -0.15) is 0 Å². The van der Waals surface area contributed by atoms with Crippen LogP contribution in [-0.4, -0.2) is 22.0 Å². The monoisotopic (exact) mass is 305 g/mol. The highest BCUT2D eigenvalue weighted by Gasteiger charge is 2.11. The van der Waals surface area contributed by atoms with Crippen LogP contribution >= 0.6 is 11.6 Å². The molecule has 0 aliphatic carbocycles. The van der Waals surface area contributed by atoms with Gasteiger partial charge in [-0.3, -0.25) is 9.78 Å². The number of aryl methyl sites for hydroxylation is 1. The van der Waals surface area contributed by atoms with Gasteiger partial charge < -0.3 is 10.1 Å². The second kappa shape index (κ2) is 6.54. The lowest BCUT2D eigenvalue weighted by atomic mass is 10.2. The van der Waals surface area contributed by atoms with Crippen molar-refractivity contribution in [3.05, 3.63) is 47.0 Å². The van der Waals surface area contributed by atoms with Gasteiger partial charge in [0.25, 0.3) is 5.91 Å². The van der Waals surface area contributed by atoms with Crippen molar-refractivity contribution in [1.29, 1.82) is 0 Å². The van der Waals surface area contributed by atoms with Crippen LogP contribution in [0.3, 0.4) is 0 Å². The summed E-state index contributed by atoms with van der Waals surface area (Å²) in [4.78, 5) is 19.8. The van der Waals surface area contributed by atoms with Gasteiger partial charge in [0.2, 0.25) is 0 Å². The van der Waals surface area contributed by atoms with Crippen molar-refractivity contribution in [2.75, 3.05) is 5.32 Å². The zero-order chi connectivity index (χ0) is 15.4. The number of aromatic nitrogens is 2. The first kappa shape index (κ1) is 15.3. The van der Waals surface area contributed by atoms with Crippen molar-refractivity contribution in [3.63, 3.8) is 0 Å². The number of nitrogens with zero attached hydrogens (tertiary/aromatic N) is 2. The molecule has 1 N–H and O–H groups in total. The van der Waals surface area contributed by atoms with Crippen molar-refractivity contribution >= 4 is 23.2 Å². The third-order valence-corrected chi connectivity index (χ3v) is 2.84. The zero-order valence-electron chi connectivity index (χ0n) is 12.1. The molecule has 1 aromatic carbocycles. The number of hydrogen-bond donors (Lipinski definition) is 1. The number of amides is 1. The van der Waals surface area contributed by atoms with E-state index in [2.05, 4.69) is 15.3 Å². The topological polar surface area (TPSA) is 64.1 Å². The van der Waals surface area contributed by atoms with Crippen LogP contribution in [-0.2, 0) is 0 Å². The van der Waals surface area contributed by atoms with Crippen LogP contribution in [0.5, 0.6) is 5.75 Å². The summed E-state index contributed by atoms with van der Waals surface area (Å²) < 4.78 is 5.60. The molecule has 6 heteroatoms. The van der Waals surface area contributed by atoms with Gasteiger partial charge in [-0.05, 0) is 44.5 Å². The van der Waals surface area contributed by atoms with E-state index in [1.807, 2.05) is 32.9 Å². The molecule has 2 aromatic rings. The van der Waals surface area contributed by atoms with E-state index in [1.54, 1.807) is 6.07 Å². The minimum Gasteiger partial charge on any atom is -0.491 e. The van der Waals surface area contributed by atoms with E-state index in [0.29, 0.717) is 5.69 Å². The van der Waals surface area contributed by atoms with Crippen molar-refractivity contribution in [1.82, 2.24) is 9.97 Å². The molecule has 0 radical (unpaired) electrons. The van der Waals surface area contributed by atoms with Gasteiger partial charge in [0.15, 0.2) is 0 Å². The number of nitrogens with one attached hydrogen (secondary N) is 1. The van der Waals surface area contributed by atoms with Crippen LogP contribution in [0.25, 0.3) is 0 Å². The predicted molar refractivity (Wildman–Crippen MR) is 81.9 cm³/mol. The Hall–Kier alpha value is -2.14. The number of hydrogen-bond acceptors (Lipinski definition) is 4. The highest BCUT2D eigenvalue weighted by Crippen LogP contribution is 2.22. The Morgan fingerprint density at radius 2 is 2.10 bits per heavy atom. The molecule has 1 amide bonds. The standard InChI is InChI=1S/C15H16ClN3O2/c1-9(2)21-11-4-5-12(10(3)6-11)19-15(20)13-7-17-8-14(16)18-13/h4-9H,1-3H3,(H,19,20). The fourth-order valence-electron chi connectivity index (χ4n) is 1.76. The molecule has 0 atom stereocenters. The van der Waals surface area contributed by atoms with Gasteiger partial charge in [0.05, 0.1) is 18.5 Å². The Labute approximate surface area is 128 Å². The molecule has 0 spiro atoms. The molecular formula is C15H16ClN3O2.